The Kier molecular flexibility index (Phi) is 72.3. The van der Waals surface area contributed by atoms with Gasteiger partial charge in [-0.15, -0.1) is 0 Å². The van der Waals surface area contributed by atoms with Crippen LogP contribution in [0.3, 0.4) is 0 Å². The molecule has 36 heteroatoms. The third-order valence-electron chi connectivity index (χ3n) is 22.6. The first-order valence-corrected chi connectivity index (χ1v) is 46.4. The van der Waals surface area contributed by atoms with E-state index >= 15 is 10.4 Å². The smallest absolute Gasteiger partial charge is 0.129 e. The fourth-order valence-corrected chi connectivity index (χ4v) is 13.3. The molecule has 36 nitrogen and oxygen atoms in total. The molecule has 0 aromatic heterocycles. The molecule has 0 aliphatic rings. The van der Waals surface area contributed by atoms with Crippen LogP contribution >= 0.6 is 0 Å². The molecule has 0 fully saturated rings. The fraction of sp³-hybridized carbons (Fsp3) is 1.00. The third kappa shape index (κ3) is 76.3. The van der Waals surface area contributed by atoms with Crippen LogP contribution in [-0.4, -0.2) is 625 Å². The van der Waals surface area contributed by atoms with Crippen LogP contribution in [0.15, 0.2) is 0 Å². The molecule has 5 unspecified atom stereocenters. The van der Waals surface area contributed by atoms with Crippen molar-refractivity contribution in [2.45, 2.75) is 40.0 Å². The van der Waals surface area contributed by atoms with Gasteiger partial charge in [-0.1, -0.05) is 20.8 Å². The predicted octanol–water partition coefficient (Wildman–Crippen LogP) is 0.848. The molecule has 0 saturated heterocycles. The topological polar surface area (TPSA) is 296 Å². The highest BCUT2D eigenvalue weighted by Crippen LogP contribution is 2.16. The Morgan fingerprint density at radius 2 is 0.475 bits per heavy atom. The lowest BCUT2D eigenvalue weighted by molar-refractivity contribution is -0.962. The van der Waals surface area contributed by atoms with Crippen molar-refractivity contribution in [3.63, 3.8) is 0 Å². The molecule has 0 aliphatic heterocycles. The van der Waals surface area contributed by atoms with E-state index in [-0.39, 0.29) is 57.1 Å². The number of hydrogen-bond donors (Lipinski definition) is 2. The first-order valence-electron chi connectivity index (χ1n) is 46.4. The highest BCUT2D eigenvalue weighted by molar-refractivity contribution is 4.70. The number of ether oxygens (including phenoxy) is 12. The molecule has 0 spiro atoms. The summed E-state index contributed by atoms with van der Waals surface area (Å²) in [5.41, 5.74) is 0. The summed E-state index contributed by atoms with van der Waals surface area (Å²) < 4.78 is 66.9. The monoisotopic (exact) mass is 1770 g/mol. The second-order valence-corrected chi connectivity index (χ2v) is 37.0. The quantitative estimate of drug-likeness (QED) is 0.0485. The van der Waals surface area contributed by atoms with Crippen molar-refractivity contribution in [2.75, 3.05) is 534 Å². The molecule has 734 valence electrons. The van der Waals surface area contributed by atoms with Crippen molar-refractivity contribution >= 4 is 0 Å². The van der Waals surface area contributed by atoms with Crippen LogP contribution in [0.1, 0.15) is 40.0 Å². The summed E-state index contributed by atoms with van der Waals surface area (Å²) >= 11 is 0. The van der Waals surface area contributed by atoms with E-state index in [9.17, 15) is 15.6 Å². The summed E-state index contributed by atoms with van der Waals surface area (Å²) in [5, 5.41) is 90.1. The van der Waals surface area contributed by atoms with Gasteiger partial charge in [0.2, 0.25) is 0 Å². The van der Waals surface area contributed by atoms with Gasteiger partial charge < -0.3 is 144 Å². The molecule has 0 radical (unpaired) electrons. The maximum atomic E-state index is 15.7. The molecular formula is C86H194N17O19+3. The summed E-state index contributed by atoms with van der Waals surface area (Å²) in [5.74, 6) is 0. The van der Waals surface area contributed by atoms with Crippen LogP contribution in [0.5, 0.6) is 0 Å². The van der Waals surface area contributed by atoms with Crippen molar-refractivity contribution in [1.29, 1.82) is 0 Å². The minimum absolute atomic E-state index is 0.000358. The Bertz CT molecular complexity index is 2320. The predicted molar refractivity (Wildman–Crippen MR) is 491 cm³/mol. The number of aliphatic hydroxyl groups excluding tert-OH is 2. The lowest BCUT2D eigenvalue weighted by atomic mass is 10.2. The van der Waals surface area contributed by atoms with Gasteiger partial charge >= 0.3 is 0 Å². The molecule has 0 heterocycles. The van der Waals surface area contributed by atoms with Gasteiger partial charge in [0.1, 0.15) is 39.3 Å². The standard InChI is InChI=1S/C86H194N17O19/c1-21-24-92(30-27-89(8)42-63-111-67-71-115-75-79-119-83-85-121-81-77-117-73-69-113-65-61-104)41-54-103(110,60-58-102(20,109)56-55-96(11,12)44-22-2)59-57-101(19,108)53-40-95(39-52-100(18,107)51-35-91(10)43-64-112-68-72-116-76-80-120-84-86-122-82-78-118-74-70-114-66-62-105)32-31-94(36-47-97(13,14)46-33-90(9)34-48-98(15,16)106)38-50-99(17,45-23-3)49-37-93(28-25-87(4)5)29-26-88(6)7/h104-105H,21-86H2,1-20H3/q+3. The van der Waals surface area contributed by atoms with Gasteiger partial charge in [-0.3, -0.25) is 29.4 Å². The van der Waals surface area contributed by atoms with Crippen LogP contribution in [-0.2, 0) is 56.8 Å². The summed E-state index contributed by atoms with van der Waals surface area (Å²) in [7, 11) is 34.8. The summed E-state index contributed by atoms with van der Waals surface area (Å²) in [4.78, 5) is 21.2. The maximum Gasteiger partial charge on any atom is 0.129 e. The maximum absolute atomic E-state index is 15.7. The molecule has 0 aliphatic carbocycles. The molecule has 5 atom stereocenters. The van der Waals surface area contributed by atoms with Gasteiger partial charge in [0.15, 0.2) is 0 Å². The highest BCUT2D eigenvalue weighted by atomic mass is 16.6. The van der Waals surface area contributed by atoms with Gasteiger partial charge in [-0.05, 0) is 75.1 Å². The molecule has 0 amide bonds. The first kappa shape index (κ1) is 121. The van der Waals surface area contributed by atoms with E-state index in [1.807, 2.05) is 7.05 Å². The summed E-state index contributed by atoms with van der Waals surface area (Å²) in [6.45, 7) is 42.1. The minimum Gasteiger partial charge on any atom is -0.633 e. The van der Waals surface area contributed by atoms with Crippen LogP contribution in [0.4, 0.5) is 0 Å². The Balaban J connectivity index is 6.73. The van der Waals surface area contributed by atoms with E-state index < -0.39 is 18.6 Å². The zero-order chi connectivity index (χ0) is 91.4. The summed E-state index contributed by atoms with van der Waals surface area (Å²) in [6.07, 6.45) is 2.99. The first-order chi connectivity index (χ1) is 57.8. The van der Waals surface area contributed by atoms with E-state index in [4.69, 9.17) is 67.1 Å². The number of hydrogen-bond acceptors (Lipinski definition) is 28. The van der Waals surface area contributed by atoms with Crippen LogP contribution in [0.2, 0.25) is 0 Å². The third-order valence-corrected chi connectivity index (χ3v) is 22.6. The average molecular weight is 1770 g/mol. The average Bonchev–Trinajstić information content (AvgIpc) is 0.940. The largest absolute Gasteiger partial charge is 0.633 e. The Hall–Kier alpha value is -1.44. The number of nitrogens with zero attached hydrogens (tertiary/aromatic N) is 17. The molecule has 0 saturated carbocycles. The lowest BCUT2D eigenvalue weighted by Gasteiger charge is -2.50. The van der Waals surface area contributed by atoms with Crippen LogP contribution < -0.4 is 0 Å². The van der Waals surface area contributed by atoms with Gasteiger partial charge in [-0.25, -0.2) is 0 Å². The van der Waals surface area contributed by atoms with E-state index in [1.165, 1.54) is 0 Å². The normalized spacial score (nSPS) is 15.4. The van der Waals surface area contributed by atoms with Crippen LogP contribution in [0, 0.1) is 26.0 Å². The zero-order valence-corrected chi connectivity index (χ0v) is 82.1. The molecular weight excluding hydrogens is 1580 g/mol. The van der Waals surface area contributed by atoms with E-state index in [0.717, 1.165) is 164 Å². The van der Waals surface area contributed by atoms with Gasteiger partial charge in [-0.2, -0.15) is 0 Å². The van der Waals surface area contributed by atoms with Gasteiger partial charge in [0, 0.05) is 124 Å². The van der Waals surface area contributed by atoms with E-state index in [0.29, 0.717) is 231 Å². The molecule has 2 N–H and O–H groups in total. The van der Waals surface area contributed by atoms with Crippen molar-refractivity contribution in [3.05, 3.63) is 26.0 Å². The lowest BCUT2D eigenvalue weighted by Crippen LogP contribution is -2.59. The van der Waals surface area contributed by atoms with E-state index in [1.54, 1.807) is 35.2 Å². The number of rotatable bonds is 94. The van der Waals surface area contributed by atoms with Crippen LogP contribution in [0.25, 0.3) is 0 Å². The zero-order valence-electron chi connectivity index (χ0n) is 82.1. The number of hydroxylamine groups is 15. The van der Waals surface area contributed by atoms with Gasteiger partial charge in [0.25, 0.3) is 0 Å². The van der Waals surface area contributed by atoms with Crippen molar-refractivity contribution in [2.24, 2.45) is 0 Å². The minimum atomic E-state index is -0.632. The van der Waals surface area contributed by atoms with Crippen molar-refractivity contribution in [3.8, 4) is 0 Å². The highest BCUT2D eigenvalue weighted by Gasteiger charge is 2.31. The molecule has 0 rings (SSSR count). The number of aliphatic hydroxyl groups is 2. The number of quaternary nitrogens is 8. The SMILES string of the molecule is CCCN(CCN(C)CCOCCOCCOCCOCCOCCOCCO)CC[N+]([O-])(CC[N+](C)([O-])CCN(CCN(CC[N+](C)(C)CCN(C)CC[N+](C)(C)[O-])CC[N+](C)(CCC)CCN(CCN(C)C)CCN(C)C)CC[N+](C)([O-])CCN(C)CCOCCOCCOCCOCCOCCOCCO)CC[N+](C)([O-])CC[N+](C)(C)CCC. The van der Waals surface area contributed by atoms with Crippen molar-refractivity contribution in [1.82, 2.24) is 44.1 Å². The van der Waals surface area contributed by atoms with E-state index in [2.05, 4.69) is 142 Å². The Morgan fingerprint density at radius 3 is 0.852 bits per heavy atom. The molecule has 0 bridgehead atoms. The Morgan fingerprint density at radius 1 is 0.213 bits per heavy atom. The number of likely N-dealkylation sites (N-methyl/N-ethyl adjacent to an activating group) is 12. The summed E-state index contributed by atoms with van der Waals surface area (Å²) in [6, 6.07) is 0. The second-order valence-electron chi connectivity index (χ2n) is 37.0. The van der Waals surface area contributed by atoms with Gasteiger partial charge in [0.05, 0.1) is 314 Å². The molecule has 0 aromatic rings. The molecule has 122 heavy (non-hydrogen) atoms. The fourth-order valence-electron chi connectivity index (χ4n) is 13.3. The molecule has 0 aromatic carbocycles. The van der Waals surface area contributed by atoms with Crippen molar-refractivity contribution < 1.29 is 104 Å². The Labute approximate surface area is 744 Å². The second kappa shape index (κ2) is 73.2.